The number of amides is 2. The topological polar surface area (TPSA) is 50.4 Å². The molecule has 0 saturated carbocycles. The zero-order valence-electron chi connectivity index (χ0n) is 11.3. The van der Waals surface area contributed by atoms with Gasteiger partial charge in [-0.2, -0.15) is 0 Å². The lowest BCUT2D eigenvalue weighted by Gasteiger charge is -2.08. The van der Waals surface area contributed by atoms with Crippen molar-refractivity contribution >= 4 is 22.5 Å². The summed E-state index contributed by atoms with van der Waals surface area (Å²) in [5.41, 5.74) is 0.781. The van der Waals surface area contributed by atoms with Crippen molar-refractivity contribution in [3.05, 3.63) is 55.3 Å². The first-order valence-corrected chi connectivity index (χ1v) is 6.56. The lowest BCUT2D eigenvalue weighted by atomic mass is 10.1. The van der Waals surface area contributed by atoms with E-state index < -0.39 is 0 Å². The van der Waals surface area contributed by atoms with Crippen molar-refractivity contribution in [2.24, 2.45) is 0 Å². The maximum absolute atomic E-state index is 11.7. The summed E-state index contributed by atoms with van der Waals surface area (Å²) in [7, 11) is 0. The van der Waals surface area contributed by atoms with E-state index in [1.807, 2.05) is 42.5 Å². The summed E-state index contributed by atoms with van der Waals surface area (Å²) in [6.45, 7) is 4.57. The summed E-state index contributed by atoms with van der Waals surface area (Å²) in [6.07, 6.45) is 2.15. The molecule has 2 N–H and O–H groups in total. The van der Waals surface area contributed by atoms with Crippen LogP contribution in [-0.2, 0) is 4.74 Å². The maximum Gasteiger partial charge on any atom is 0.319 e. The second kappa shape index (κ2) is 7.19. The van der Waals surface area contributed by atoms with Gasteiger partial charge in [0.05, 0.1) is 12.9 Å². The molecule has 2 amide bonds. The van der Waals surface area contributed by atoms with Gasteiger partial charge in [0.2, 0.25) is 0 Å². The molecule has 2 aromatic carbocycles. The molecule has 0 atom stereocenters. The highest BCUT2D eigenvalue weighted by Gasteiger charge is 2.01. The molecule has 0 unspecified atom stereocenters. The Balaban J connectivity index is 1.84. The van der Waals surface area contributed by atoms with Crippen molar-refractivity contribution in [2.45, 2.75) is 6.42 Å². The molecule has 0 aliphatic rings. The van der Waals surface area contributed by atoms with Gasteiger partial charge in [0.1, 0.15) is 0 Å². The fourth-order valence-corrected chi connectivity index (χ4v) is 1.88. The normalized spacial score (nSPS) is 10.0. The molecule has 0 saturated heterocycles. The fourth-order valence-electron chi connectivity index (χ4n) is 1.88. The molecule has 0 radical (unpaired) electrons. The van der Waals surface area contributed by atoms with Crippen molar-refractivity contribution in [1.82, 2.24) is 5.32 Å². The lowest BCUT2D eigenvalue weighted by molar-refractivity contribution is 0.238. The first-order valence-electron chi connectivity index (χ1n) is 6.56. The van der Waals surface area contributed by atoms with E-state index in [1.165, 1.54) is 6.26 Å². The number of urea groups is 1. The van der Waals surface area contributed by atoms with Crippen LogP contribution in [0.25, 0.3) is 10.8 Å². The molecule has 0 aromatic heterocycles. The largest absolute Gasteiger partial charge is 0.502 e. The first-order chi connectivity index (χ1) is 9.79. The van der Waals surface area contributed by atoms with Crippen LogP contribution in [0.15, 0.2) is 55.3 Å². The summed E-state index contributed by atoms with van der Waals surface area (Å²) in [5, 5.41) is 7.84. The number of benzene rings is 2. The van der Waals surface area contributed by atoms with Crippen molar-refractivity contribution in [3.8, 4) is 0 Å². The van der Waals surface area contributed by atoms with Gasteiger partial charge in [0.25, 0.3) is 0 Å². The van der Waals surface area contributed by atoms with Crippen LogP contribution in [0.2, 0.25) is 0 Å². The third kappa shape index (κ3) is 4.02. The van der Waals surface area contributed by atoms with E-state index in [2.05, 4.69) is 17.2 Å². The third-order valence-corrected chi connectivity index (χ3v) is 2.85. The van der Waals surface area contributed by atoms with Crippen LogP contribution in [0, 0.1) is 0 Å². The Morgan fingerprint density at radius 3 is 2.80 bits per heavy atom. The molecule has 0 aliphatic carbocycles. The quantitative estimate of drug-likeness (QED) is 0.623. The second-order valence-electron chi connectivity index (χ2n) is 4.33. The minimum atomic E-state index is -0.209. The van der Waals surface area contributed by atoms with E-state index in [-0.39, 0.29) is 6.03 Å². The monoisotopic (exact) mass is 270 g/mol. The number of fused-ring (bicyclic) bond motifs is 1. The molecule has 0 heterocycles. The van der Waals surface area contributed by atoms with Crippen molar-refractivity contribution in [3.63, 3.8) is 0 Å². The summed E-state index contributed by atoms with van der Waals surface area (Å²) >= 11 is 0. The van der Waals surface area contributed by atoms with E-state index >= 15 is 0 Å². The average molecular weight is 270 g/mol. The van der Waals surface area contributed by atoms with Crippen molar-refractivity contribution in [2.75, 3.05) is 18.5 Å². The van der Waals surface area contributed by atoms with Gasteiger partial charge in [-0.3, -0.25) is 0 Å². The number of hydrogen-bond donors (Lipinski definition) is 2. The predicted molar refractivity (Wildman–Crippen MR) is 81.7 cm³/mol. The van der Waals surface area contributed by atoms with Crippen LogP contribution in [0.5, 0.6) is 0 Å². The second-order valence-corrected chi connectivity index (χ2v) is 4.33. The molecule has 2 aromatic rings. The highest BCUT2D eigenvalue weighted by molar-refractivity contribution is 5.93. The minimum absolute atomic E-state index is 0.209. The Hall–Kier alpha value is -2.49. The Labute approximate surface area is 118 Å². The van der Waals surface area contributed by atoms with Gasteiger partial charge in [-0.1, -0.05) is 36.9 Å². The molecule has 4 nitrogen and oxygen atoms in total. The smallest absolute Gasteiger partial charge is 0.319 e. The lowest BCUT2D eigenvalue weighted by Crippen LogP contribution is -2.29. The standard InChI is InChI=1S/C16H18N2O2/c1-2-20-11-5-10-17-16(19)18-15-9-8-13-6-3-4-7-14(13)12-15/h2-4,6-9,12H,1,5,10-11H2,(H2,17,18,19). The molecular formula is C16H18N2O2. The summed E-state index contributed by atoms with van der Waals surface area (Å²) in [5.74, 6) is 0. The van der Waals surface area contributed by atoms with Crippen LogP contribution < -0.4 is 10.6 Å². The number of hydrogen-bond acceptors (Lipinski definition) is 2. The third-order valence-electron chi connectivity index (χ3n) is 2.85. The Morgan fingerprint density at radius 2 is 2.00 bits per heavy atom. The summed E-state index contributed by atoms with van der Waals surface area (Å²) in [4.78, 5) is 11.7. The Kier molecular flexibility index (Phi) is 5.00. The molecule has 20 heavy (non-hydrogen) atoms. The zero-order chi connectivity index (χ0) is 14.2. The van der Waals surface area contributed by atoms with Crippen LogP contribution in [0.4, 0.5) is 10.5 Å². The zero-order valence-corrected chi connectivity index (χ0v) is 11.3. The number of carbonyl (C=O) groups excluding carboxylic acids is 1. The van der Waals surface area contributed by atoms with Crippen LogP contribution >= 0.6 is 0 Å². The number of anilines is 1. The van der Waals surface area contributed by atoms with Gasteiger partial charge >= 0.3 is 6.03 Å². The summed E-state index contributed by atoms with van der Waals surface area (Å²) in [6, 6.07) is 13.7. The van der Waals surface area contributed by atoms with Gasteiger partial charge in [0, 0.05) is 12.2 Å². The SMILES string of the molecule is C=COCCCNC(=O)Nc1ccc2ccccc2c1. The van der Waals surface area contributed by atoms with Crippen LogP contribution in [0.3, 0.4) is 0 Å². The van der Waals surface area contributed by atoms with Crippen molar-refractivity contribution in [1.29, 1.82) is 0 Å². The van der Waals surface area contributed by atoms with Gasteiger partial charge in [-0.25, -0.2) is 4.79 Å². The Bertz CT molecular complexity index is 596. The maximum atomic E-state index is 11.7. The summed E-state index contributed by atoms with van der Waals surface area (Å²) < 4.78 is 4.97. The molecule has 0 aliphatic heterocycles. The van der Waals surface area contributed by atoms with Crippen LogP contribution in [0.1, 0.15) is 6.42 Å². The number of nitrogens with one attached hydrogen (secondary N) is 2. The first kappa shape index (κ1) is 13.9. The van der Waals surface area contributed by atoms with E-state index in [4.69, 9.17) is 4.74 Å². The van der Waals surface area contributed by atoms with Gasteiger partial charge in [-0.05, 0) is 29.3 Å². The minimum Gasteiger partial charge on any atom is -0.502 e. The van der Waals surface area contributed by atoms with E-state index in [0.717, 1.165) is 22.9 Å². The van der Waals surface area contributed by atoms with Gasteiger partial charge in [0.15, 0.2) is 0 Å². The molecule has 0 bridgehead atoms. The molecule has 104 valence electrons. The molecular weight excluding hydrogens is 252 g/mol. The molecule has 0 spiro atoms. The van der Waals surface area contributed by atoms with E-state index in [9.17, 15) is 4.79 Å². The fraction of sp³-hybridized carbons (Fsp3) is 0.188. The highest BCUT2D eigenvalue weighted by atomic mass is 16.5. The molecule has 2 rings (SSSR count). The van der Waals surface area contributed by atoms with Crippen LogP contribution in [-0.4, -0.2) is 19.2 Å². The number of rotatable bonds is 6. The Morgan fingerprint density at radius 1 is 1.20 bits per heavy atom. The predicted octanol–water partition coefficient (Wildman–Crippen LogP) is 3.51. The molecule has 0 fully saturated rings. The molecule has 4 heteroatoms. The number of ether oxygens (including phenoxy) is 1. The van der Waals surface area contributed by atoms with Gasteiger partial charge in [-0.15, -0.1) is 0 Å². The highest BCUT2D eigenvalue weighted by Crippen LogP contribution is 2.18. The average Bonchev–Trinajstić information content (AvgIpc) is 2.47. The van der Waals surface area contributed by atoms with E-state index in [1.54, 1.807) is 0 Å². The van der Waals surface area contributed by atoms with E-state index in [0.29, 0.717) is 13.2 Å². The van der Waals surface area contributed by atoms with Crippen molar-refractivity contribution < 1.29 is 9.53 Å². The number of carbonyl (C=O) groups is 1. The van der Waals surface area contributed by atoms with Gasteiger partial charge < -0.3 is 15.4 Å².